The zero-order chi connectivity index (χ0) is 16.2. The molecule has 1 aromatic heterocycles. The van der Waals surface area contributed by atoms with Gasteiger partial charge in [-0.2, -0.15) is 0 Å². The Kier molecular flexibility index (Phi) is 4.34. The van der Waals surface area contributed by atoms with Gasteiger partial charge in [-0.25, -0.2) is 9.97 Å². The molecule has 2 aliphatic heterocycles. The van der Waals surface area contributed by atoms with Gasteiger partial charge in [0.2, 0.25) is 0 Å². The van der Waals surface area contributed by atoms with Crippen molar-refractivity contribution in [3.63, 3.8) is 0 Å². The molecule has 3 heterocycles. The Balaban J connectivity index is 1.56. The zero-order valence-corrected chi connectivity index (χ0v) is 14.0. The first-order valence-corrected chi connectivity index (χ1v) is 8.73. The summed E-state index contributed by atoms with van der Waals surface area (Å²) in [6, 6.07) is 12.7. The van der Waals surface area contributed by atoms with E-state index in [0.29, 0.717) is 0 Å². The normalized spacial score (nSPS) is 24.8. The molecule has 1 atom stereocenters. The molecule has 1 spiro atoms. The maximum absolute atomic E-state index is 6.02. The lowest BCUT2D eigenvalue weighted by Gasteiger charge is -2.44. The van der Waals surface area contributed by atoms with Crippen LogP contribution in [0.5, 0.6) is 0 Å². The summed E-state index contributed by atoms with van der Waals surface area (Å²) in [6.07, 6.45) is 5.84. The van der Waals surface area contributed by atoms with Crippen LogP contribution in [0, 0.1) is 5.41 Å². The summed E-state index contributed by atoms with van der Waals surface area (Å²) in [5.74, 6) is 1.03. The molecule has 4 rings (SSSR count). The Morgan fingerprint density at radius 3 is 2.71 bits per heavy atom. The summed E-state index contributed by atoms with van der Waals surface area (Å²) in [7, 11) is 0. The second-order valence-corrected chi connectivity index (χ2v) is 6.90. The SMILES string of the molecule is c1ccc(N2CCOCC3(CCCN(c4ccncn4)C3)C2)cc1. The molecule has 5 nitrogen and oxygen atoms in total. The fraction of sp³-hybridized carbons (Fsp3) is 0.474. The van der Waals surface area contributed by atoms with Gasteiger partial charge in [0.25, 0.3) is 0 Å². The minimum Gasteiger partial charge on any atom is -0.379 e. The van der Waals surface area contributed by atoms with Crippen LogP contribution in [0.4, 0.5) is 11.5 Å². The van der Waals surface area contributed by atoms with Crippen LogP contribution >= 0.6 is 0 Å². The quantitative estimate of drug-likeness (QED) is 0.849. The third kappa shape index (κ3) is 3.22. The van der Waals surface area contributed by atoms with Crippen molar-refractivity contribution in [2.45, 2.75) is 12.8 Å². The molecular formula is C19H24N4O. The minimum atomic E-state index is 0.162. The number of benzene rings is 1. The molecule has 2 fully saturated rings. The fourth-order valence-corrected chi connectivity index (χ4v) is 3.97. The standard InChI is InChI=1S/C19H24N4O/c1-2-5-17(6-3-1)22-11-12-24-15-19(13-22)8-4-10-23(14-19)18-7-9-20-16-21-18/h1-3,5-7,9,16H,4,8,10-15H2. The maximum Gasteiger partial charge on any atom is 0.131 e. The van der Waals surface area contributed by atoms with E-state index in [1.165, 1.54) is 18.5 Å². The predicted molar refractivity (Wildman–Crippen MR) is 95.4 cm³/mol. The minimum absolute atomic E-state index is 0.162. The number of ether oxygens (including phenoxy) is 1. The molecule has 24 heavy (non-hydrogen) atoms. The summed E-state index contributed by atoms with van der Waals surface area (Å²) in [4.78, 5) is 13.4. The van der Waals surface area contributed by atoms with E-state index in [1.807, 2.05) is 12.3 Å². The number of nitrogens with zero attached hydrogens (tertiary/aromatic N) is 4. The molecule has 5 heteroatoms. The number of hydrogen-bond acceptors (Lipinski definition) is 5. The third-order valence-corrected chi connectivity index (χ3v) is 5.11. The van der Waals surface area contributed by atoms with Gasteiger partial charge in [0, 0.05) is 43.5 Å². The topological polar surface area (TPSA) is 41.5 Å². The molecule has 2 saturated heterocycles. The lowest BCUT2D eigenvalue weighted by atomic mass is 9.80. The molecule has 0 N–H and O–H groups in total. The Morgan fingerprint density at radius 1 is 1.00 bits per heavy atom. The summed E-state index contributed by atoms with van der Waals surface area (Å²) >= 11 is 0. The fourth-order valence-electron chi connectivity index (χ4n) is 3.97. The van der Waals surface area contributed by atoms with Crippen LogP contribution in [0.1, 0.15) is 12.8 Å². The lowest BCUT2D eigenvalue weighted by Crippen LogP contribution is -2.51. The Hall–Kier alpha value is -2.14. The first-order valence-electron chi connectivity index (χ1n) is 8.73. The van der Waals surface area contributed by atoms with Crippen molar-refractivity contribution in [2.75, 3.05) is 49.2 Å². The van der Waals surface area contributed by atoms with Gasteiger partial charge in [-0.1, -0.05) is 18.2 Å². The largest absolute Gasteiger partial charge is 0.379 e. The van der Waals surface area contributed by atoms with Gasteiger partial charge in [-0.05, 0) is 31.0 Å². The monoisotopic (exact) mass is 324 g/mol. The van der Waals surface area contributed by atoms with Crippen molar-refractivity contribution in [2.24, 2.45) is 5.41 Å². The van der Waals surface area contributed by atoms with Crippen molar-refractivity contribution in [1.29, 1.82) is 0 Å². The van der Waals surface area contributed by atoms with E-state index in [9.17, 15) is 0 Å². The van der Waals surface area contributed by atoms with Gasteiger partial charge in [0.15, 0.2) is 0 Å². The summed E-state index contributed by atoms with van der Waals surface area (Å²) in [6.45, 7) is 5.68. The van der Waals surface area contributed by atoms with Crippen molar-refractivity contribution >= 4 is 11.5 Å². The molecule has 0 amide bonds. The summed E-state index contributed by atoms with van der Waals surface area (Å²) in [5, 5.41) is 0. The number of piperidine rings is 1. The van der Waals surface area contributed by atoms with Crippen molar-refractivity contribution < 1.29 is 4.74 Å². The highest BCUT2D eigenvalue weighted by Crippen LogP contribution is 2.35. The molecule has 126 valence electrons. The van der Waals surface area contributed by atoms with E-state index in [-0.39, 0.29) is 5.41 Å². The van der Waals surface area contributed by atoms with Gasteiger partial charge in [-0.3, -0.25) is 0 Å². The van der Waals surface area contributed by atoms with Gasteiger partial charge in [0.1, 0.15) is 12.1 Å². The van der Waals surface area contributed by atoms with Gasteiger partial charge < -0.3 is 14.5 Å². The number of hydrogen-bond donors (Lipinski definition) is 0. The molecule has 2 aromatic rings. The van der Waals surface area contributed by atoms with Crippen LogP contribution in [0.25, 0.3) is 0 Å². The zero-order valence-electron chi connectivity index (χ0n) is 14.0. The van der Waals surface area contributed by atoms with Crippen LogP contribution in [0.3, 0.4) is 0 Å². The Bertz CT molecular complexity index is 651. The molecule has 1 aromatic carbocycles. The van der Waals surface area contributed by atoms with E-state index >= 15 is 0 Å². The van der Waals surface area contributed by atoms with E-state index in [1.54, 1.807) is 6.33 Å². The number of rotatable bonds is 2. The van der Waals surface area contributed by atoms with Gasteiger partial charge in [0.05, 0.1) is 13.2 Å². The predicted octanol–water partition coefficient (Wildman–Crippen LogP) is 2.60. The highest BCUT2D eigenvalue weighted by Gasteiger charge is 2.39. The van der Waals surface area contributed by atoms with E-state index < -0.39 is 0 Å². The maximum atomic E-state index is 6.02. The molecule has 2 aliphatic rings. The van der Waals surface area contributed by atoms with Crippen molar-refractivity contribution in [3.8, 4) is 0 Å². The second-order valence-electron chi connectivity index (χ2n) is 6.90. The van der Waals surface area contributed by atoms with E-state index in [2.05, 4.69) is 50.1 Å². The van der Waals surface area contributed by atoms with E-state index in [4.69, 9.17) is 4.74 Å². The number of para-hydroxylation sites is 1. The van der Waals surface area contributed by atoms with Crippen LogP contribution in [-0.2, 0) is 4.74 Å². The van der Waals surface area contributed by atoms with Crippen LogP contribution in [0.2, 0.25) is 0 Å². The van der Waals surface area contributed by atoms with Crippen LogP contribution in [0.15, 0.2) is 48.9 Å². The number of aromatic nitrogens is 2. The Labute approximate surface area is 143 Å². The first-order chi connectivity index (χ1) is 11.8. The highest BCUT2D eigenvalue weighted by molar-refractivity contribution is 5.47. The van der Waals surface area contributed by atoms with Crippen molar-refractivity contribution in [3.05, 3.63) is 48.9 Å². The molecule has 0 bridgehead atoms. The summed E-state index contributed by atoms with van der Waals surface area (Å²) < 4.78 is 6.02. The van der Waals surface area contributed by atoms with E-state index in [0.717, 1.165) is 45.2 Å². The third-order valence-electron chi connectivity index (χ3n) is 5.11. The average Bonchev–Trinajstić information content (AvgIpc) is 2.86. The van der Waals surface area contributed by atoms with Crippen molar-refractivity contribution in [1.82, 2.24) is 9.97 Å². The summed E-state index contributed by atoms with van der Waals surface area (Å²) in [5.41, 5.74) is 1.46. The van der Waals surface area contributed by atoms with Crippen LogP contribution in [-0.4, -0.2) is 49.4 Å². The Morgan fingerprint density at radius 2 is 1.88 bits per heavy atom. The van der Waals surface area contributed by atoms with Gasteiger partial charge in [-0.15, -0.1) is 0 Å². The highest BCUT2D eigenvalue weighted by atomic mass is 16.5. The van der Waals surface area contributed by atoms with Gasteiger partial charge >= 0.3 is 0 Å². The molecular weight excluding hydrogens is 300 g/mol. The molecule has 0 aliphatic carbocycles. The molecule has 0 saturated carbocycles. The lowest BCUT2D eigenvalue weighted by molar-refractivity contribution is 0.0597. The first kappa shape index (κ1) is 15.4. The average molecular weight is 324 g/mol. The van der Waals surface area contributed by atoms with Crippen LogP contribution < -0.4 is 9.80 Å². The second kappa shape index (κ2) is 6.77. The number of anilines is 2. The molecule has 1 unspecified atom stereocenters. The molecule has 0 radical (unpaired) electrons. The smallest absolute Gasteiger partial charge is 0.131 e.